The van der Waals surface area contributed by atoms with Crippen molar-refractivity contribution >= 4 is 5.97 Å². The first-order valence-electron chi connectivity index (χ1n) is 5.14. The second-order valence-electron chi connectivity index (χ2n) is 3.83. The molecule has 1 atom stereocenters. The summed E-state index contributed by atoms with van der Waals surface area (Å²) in [6.45, 7) is 1.38. The van der Waals surface area contributed by atoms with Gasteiger partial charge in [-0.25, -0.2) is 0 Å². The zero-order valence-electron chi connectivity index (χ0n) is 8.45. The molecule has 14 heavy (non-hydrogen) atoms. The van der Waals surface area contributed by atoms with Gasteiger partial charge in [-0.05, 0) is 19.3 Å². The van der Waals surface area contributed by atoms with Crippen molar-refractivity contribution in [3.8, 4) is 0 Å². The summed E-state index contributed by atoms with van der Waals surface area (Å²) >= 11 is 0. The van der Waals surface area contributed by atoms with Crippen LogP contribution in [0.2, 0.25) is 0 Å². The number of hydrogen-bond donors (Lipinski definition) is 0. The molecule has 2 fully saturated rings. The molecule has 1 saturated carbocycles. The predicted molar refractivity (Wildman–Crippen MR) is 48.6 cm³/mol. The van der Waals surface area contributed by atoms with Gasteiger partial charge in [-0.2, -0.15) is 0 Å². The second-order valence-corrected chi connectivity index (χ2v) is 3.83. The molecule has 2 rings (SSSR count). The van der Waals surface area contributed by atoms with Crippen molar-refractivity contribution in [1.29, 1.82) is 0 Å². The molecule has 1 aliphatic carbocycles. The first-order valence-corrected chi connectivity index (χ1v) is 5.14. The Morgan fingerprint density at radius 1 is 1.36 bits per heavy atom. The Kier molecular flexibility index (Phi) is 2.74. The van der Waals surface area contributed by atoms with Crippen molar-refractivity contribution in [2.75, 3.05) is 20.3 Å². The number of esters is 1. The second kappa shape index (κ2) is 3.87. The third-order valence-electron chi connectivity index (χ3n) is 3.02. The van der Waals surface area contributed by atoms with E-state index in [1.54, 1.807) is 0 Å². The topological polar surface area (TPSA) is 44.8 Å². The van der Waals surface area contributed by atoms with Crippen molar-refractivity contribution in [2.24, 2.45) is 5.92 Å². The molecule has 0 aromatic rings. The van der Waals surface area contributed by atoms with Crippen molar-refractivity contribution in [3.05, 3.63) is 0 Å². The molecule has 0 radical (unpaired) electrons. The first kappa shape index (κ1) is 9.93. The van der Waals surface area contributed by atoms with Gasteiger partial charge in [0.05, 0.1) is 20.3 Å². The Morgan fingerprint density at radius 2 is 2.07 bits per heavy atom. The Morgan fingerprint density at radius 3 is 2.71 bits per heavy atom. The Balaban J connectivity index is 2.11. The van der Waals surface area contributed by atoms with Gasteiger partial charge in [0.25, 0.3) is 0 Å². The van der Waals surface area contributed by atoms with Gasteiger partial charge in [-0.1, -0.05) is 0 Å². The van der Waals surface area contributed by atoms with Crippen LogP contribution >= 0.6 is 0 Å². The molecule has 0 bridgehead atoms. The van der Waals surface area contributed by atoms with Gasteiger partial charge in [0.1, 0.15) is 5.92 Å². The lowest BCUT2D eigenvalue weighted by Gasteiger charge is -2.37. The van der Waals surface area contributed by atoms with Crippen LogP contribution in [0.15, 0.2) is 0 Å². The third-order valence-corrected chi connectivity index (χ3v) is 3.02. The SMILES string of the molecule is COC(=O)C1CCCC12OCCCO2. The summed E-state index contributed by atoms with van der Waals surface area (Å²) in [7, 11) is 1.41. The molecule has 4 nitrogen and oxygen atoms in total. The van der Waals surface area contributed by atoms with Crippen LogP contribution in [0.4, 0.5) is 0 Å². The van der Waals surface area contributed by atoms with Crippen LogP contribution < -0.4 is 0 Å². The minimum absolute atomic E-state index is 0.204. The highest BCUT2D eigenvalue weighted by atomic mass is 16.7. The molecule has 0 N–H and O–H groups in total. The van der Waals surface area contributed by atoms with Gasteiger partial charge in [0.15, 0.2) is 5.79 Å². The Hall–Kier alpha value is -0.610. The van der Waals surface area contributed by atoms with Gasteiger partial charge in [0.2, 0.25) is 0 Å². The lowest BCUT2D eigenvalue weighted by molar-refractivity contribution is -0.282. The van der Waals surface area contributed by atoms with Crippen LogP contribution in [-0.2, 0) is 19.0 Å². The van der Waals surface area contributed by atoms with E-state index in [2.05, 4.69) is 0 Å². The summed E-state index contributed by atoms with van der Waals surface area (Å²) < 4.78 is 16.0. The van der Waals surface area contributed by atoms with Crippen LogP contribution in [-0.4, -0.2) is 32.1 Å². The quantitative estimate of drug-likeness (QED) is 0.594. The maximum absolute atomic E-state index is 11.5. The predicted octanol–water partition coefficient (Wildman–Crippen LogP) is 1.09. The molecule has 4 heteroatoms. The molecule has 2 aliphatic rings. The number of carbonyl (C=O) groups excluding carboxylic acids is 1. The normalized spacial score (nSPS) is 30.5. The highest BCUT2D eigenvalue weighted by Crippen LogP contribution is 2.42. The van der Waals surface area contributed by atoms with E-state index < -0.39 is 5.79 Å². The van der Waals surface area contributed by atoms with Gasteiger partial charge < -0.3 is 14.2 Å². The van der Waals surface area contributed by atoms with Gasteiger partial charge in [-0.3, -0.25) is 4.79 Å². The number of methoxy groups -OCH3 is 1. The van der Waals surface area contributed by atoms with Crippen molar-refractivity contribution < 1.29 is 19.0 Å². The first-order chi connectivity index (χ1) is 6.78. The zero-order chi connectivity index (χ0) is 10.0. The molecule has 1 saturated heterocycles. The summed E-state index contributed by atoms with van der Waals surface area (Å²) in [5.41, 5.74) is 0. The summed E-state index contributed by atoms with van der Waals surface area (Å²) in [6, 6.07) is 0. The Labute approximate surface area is 83.5 Å². The van der Waals surface area contributed by atoms with E-state index in [1.807, 2.05) is 0 Å². The highest BCUT2D eigenvalue weighted by molar-refractivity contribution is 5.73. The highest BCUT2D eigenvalue weighted by Gasteiger charge is 2.50. The fourth-order valence-corrected chi connectivity index (χ4v) is 2.32. The van der Waals surface area contributed by atoms with E-state index in [-0.39, 0.29) is 11.9 Å². The van der Waals surface area contributed by atoms with E-state index in [0.29, 0.717) is 13.2 Å². The van der Waals surface area contributed by atoms with E-state index in [1.165, 1.54) is 7.11 Å². The fraction of sp³-hybridized carbons (Fsp3) is 0.900. The molecular weight excluding hydrogens is 184 g/mol. The van der Waals surface area contributed by atoms with E-state index in [0.717, 1.165) is 25.7 Å². The molecular formula is C10H16O4. The molecule has 0 aromatic heterocycles. The minimum Gasteiger partial charge on any atom is -0.469 e. The lowest BCUT2D eigenvalue weighted by Crippen LogP contribution is -2.46. The van der Waals surface area contributed by atoms with E-state index in [9.17, 15) is 4.79 Å². The average Bonchev–Trinajstić information content (AvgIpc) is 2.62. The Bertz CT molecular complexity index is 220. The van der Waals surface area contributed by atoms with E-state index in [4.69, 9.17) is 14.2 Å². The largest absolute Gasteiger partial charge is 0.469 e. The molecule has 0 amide bonds. The average molecular weight is 200 g/mol. The number of hydrogen-bond acceptors (Lipinski definition) is 4. The number of ether oxygens (including phenoxy) is 3. The van der Waals surface area contributed by atoms with Crippen molar-refractivity contribution in [3.63, 3.8) is 0 Å². The summed E-state index contributed by atoms with van der Waals surface area (Å²) in [6.07, 6.45) is 3.51. The van der Waals surface area contributed by atoms with Gasteiger partial charge >= 0.3 is 5.97 Å². The van der Waals surface area contributed by atoms with Crippen LogP contribution in [0.1, 0.15) is 25.7 Å². The third kappa shape index (κ3) is 1.53. The molecule has 80 valence electrons. The van der Waals surface area contributed by atoms with Crippen LogP contribution in [0.3, 0.4) is 0 Å². The van der Waals surface area contributed by atoms with Gasteiger partial charge in [-0.15, -0.1) is 0 Å². The summed E-state index contributed by atoms with van der Waals surface area (Å²) in [5, 5.41) is 0. The maximum atomic E-state index is 11.5. The standard InChI is InChI=1S/C10H16O4/c1-12-9(11)8-4-2-5-10(8)13-6-3-7-14-10/h8H,2-7H2,1H3. The molecule has 1 unspecified atom stereocenters. The zero-order valence-corrected chi connectivity index (χ0v) is 8.45. The van der Waals surface area contributed by atoms with Crippen molar-refractivity contribution in [1.82, 2.24) is 0 Å². The summed E-state index contributed by atoms with van der Waals surface area (Å²) in [5.74, 6) is -1.09. The summed E-state index contributed by atoms with van der Waals surface area (Å²) in [4.78, 5) is 11.5. The molecule has 1 heterocycles. The maximum Gasteiger partial charge on any atom is 0.314 e. The van der Waals surface area contributed by atoms with E-state index >= 15 is 0 Å². The number of carbonyl (C=O) groups is 1. The number of rotatable bonds is 1. The monoisotopic (exact) mass is 200 g/mol. The lowest BCUT2D eigenvalue weighted by atomic mass is 10.0. The molecule has 1 aliphatic heterocycles. The van der Waals surface area contributed by atoms with Crippen LogP contribution in [0, 0.1) is 5.92 Å². The molecule has 1 spiro atoms. The molecule has 0 aromatic carbocycles. The van der Waals surface area contributed by atoms with Crippen LogP contribution in [0.5, 0.6) is 0 Å². The smallest absolute Gasteiger partial charge is 0.314 e. The van der Waals surface area contributed by atoms with Crippen LogP contribution in [0.25, 0.3) is 0 Å². The van der Waals surface area contributed by atoms with Crippen molar-refractivity contribution in [2.45, 2.75) is 31.5 Å². The van der Waals surface area contributed by atoms with Gasteiger partial charge in [0, 0.05) is 6.42 Å². The fourth-order valence-electron chi connectivity index (χ4n) is 2.32. The minimum atomic E-state index is -0.661.